The summed E-state index contributed by atoms with van der Waals surface area (Å²) in [6, 6.07) is 5.86. The van der Waals surface area contributed by atoms with E-state index in [2.05, 4.69) is 47.0 Å². The van der Waals surface area contributed by atoms with Gasteiger partial charge in [-0.1, -0.05) is 6.07 Å². The predicted octanol–water partition coefficient (Wildman–Crippen LogP) is 3.48. The molecule has 86 valence electrons. The molecule has 0 unspecified atom stereocenters. The third kappa shape index (κ3) is 2.62. The van der Waals surface area contributed by atoms with E-state index in [4.69, 9.17) is 4.42 Å². The van der Waals surface area contributed by atoms with E-state index in [-0.39, 0.29) is 5.54 Å². The molecular formula is C12H15BrN2O. The molecule has 1 aromatic carbocycles. The summed E-state index contributed by atoms with van der Waals surface area (Å²) in [7, 11) is 0. The van der Waals surface area contributed by atoms with E-state index in [9.17, 15) is 0 Å². The number of halogens is 1. The summed E-state index contributed by atoms with van der Waals surface area (Å²) in [5, 5.41) is 3.35. The zero-order valence-electron chi connectivity index (χ0n) is 9.67. The first-order chi connectivity index (χ1) is 7.46. The summed E-state index contributed by atoms with van der Waals surface area (Å²) >= 11 is 3.45. The molecule has 0 aliphatic rings. The molecule has 2 aromatic rings. The van der Waals surface area contributed by atoms with Gasteiger partial charge in [-0.15, -0.1) is 0 Å². The van der Waals surface area contributed by atoms with Crippen LogP contribution in [-0.4, -0.2) is 10.5 Å². The zero-order valence-corrected chi connectivity index (χ0v) is 11.3. The molecule has 1 N–H and O–H groups in total. The summed E-state index contributed by atoms with van der Waals surface area (Å²) in [5.74, 6) is 0.719. The number of aromatic nitrogens is 1. The van der Waals surface area contributed by atoms with Crippen molar-refractivity contribution in [2.45, 2.75) is 32.9 Å². The van der Waals surface area contributed by atoms with Crippen molar-refractivity contribution in [2.75, 3.05) is 0 Å². The molecule has 0 saturated carbocycles. The maximum Gasteiger partial charge on any atom is 0.209 e. The molecule has 0 aliphatic heterocycles. The fourth-order valence-corrected chi connectivity index (χ4v) is 1.81. The maximum atomic E-state index is 5.67. The van der Waals surface area contributed by atoms with Crippen molar-refractivity contribution in [2.24, 2.45) is 0 Å². The van der Waals surface area contributed by atoms with E-state index in [1.54, 1.807) is 0 Å². The number of para-hydroxylation sites is 1. The minimum absolute atomic E-state index is 0.0673. The molecule has 0 bridgehead atoms. The Kier molecular flexibility index (Phi) is 3.04. The van der Waals surface area contributed by atoms with E-state index in [1.165, 1.54) is 0 Å². The summed E-state index contributed by atoms with van der Waals surface area (Å²) in [6.45, 7) is 6.99. The Bertz CT molecular complexity index is 499. The normalized spacial score (nSPS) is 12.2. The summed E-state index contributed by atoms with van der Waals surface area (Å²) < 4.78 is 6.62. The SMILES string of the molecule is CC(C)(C)NCc1nc2cccc(Br)c2o1. The summed E-state index contributed by atoms with van der Waals surface area (Å²) in [6.07, 6.45) is 0. The second-order valence-electron chi connectivity index (χ2n) is 4.80. The maximum absolute atomic E-state index is 5.67. The minimum Gasteiger partial charge on any atom is -0.438 e. The van der Waals surface area contributed by atoms with Crippen LogP contribution in [0.2, 0.25) is 0 Å². The van der Waals surface area contributed by atoms with Gasteiger partial charge in [0.25, 0.3) is 0 Å². The highest BCUT2D eigenvalue weighted by Gasteiger charge is 2.12. The Morgan fingerprint density at radius 2 is 2.12 bits per heavy atom. The van der Waals surface area contributed by atoms with Gasteiger partial charge in [0.05, 0.1) is 11.0 Å². The van der Waals surface area contributed by atoms with Crippen molar-refractivity contribution in [3.05, 3.63) is 28.6 Å². The molecule has 2 rings (SSSR count). The van der Waals surface area contributed by atoms with Crippen molar-refractivity contribution in [1.82, 2.24) is 10.3 Å². The molecular weight excluding hydrogens is 268 g/mol. The van der Waals surface area contributed by atoms with Crippen LogP contribution in [0.1, 0.15) is 26.7 Å². The number of oxazole rings is 1. The molecule has 1 heterocycles. The van der Waals surface area contributed by atoms with Gasteiger partial charge in [-0.3, -0.25) is 0 Å². The van der Waals surface area contributed by atoms with E-state index in [1.807, 2.05) is 18.2 Å². The van der Waals surface area contributed by atoms with Crippen molar-refractivity contribution in [3.8, 4) is 0 Å². The van der Waals surface area contributed by atoms with Crippen LogP contribution in [0, 0.1) is 0 Å². The lowest BCUT2D eigenvalue weighted by Crippen LogP contribution is -2.35. The molecule has 0 atom stereocenters. The van der Waals surface area contributed by atoms with Crippen LogP contribution in [0.3, 0.4) is 0 Å². The van der Waals surface area contributed by atoms with E-state index in [0.717, 1.165) is 21.5 Å². The lowest BCUT2D eigenvalue weighted by molar-refractivity contribution is 0.388. The molecule has 0 spiro atoms. The fraction of sp³-hybridized carbons (Fsp3) is 0.417. The summed E-state index contributed by atoms with van der Waals surface area (Å²) in [4.78, 5) is 4.42. The number of benzene rings is 1. The zero-order chi connectivity index (χ0) is 11.8. The van der Waals surface area contributed by atoms with Crippen LogP contribution >= 0.6 is 15.9 Å². The monoisotopic (exact) mass is 282 g/mol. The Labute approximate surface area is 103 Å². The number of fused-ring (bicyclic) bond motifs is 1. The fourth-order valence-electron chi connectivity index (χ4n) is 1.38. The number of nitrogens with one attached hydrogen (secondary N) is 1. The largest absolute Gasteiger partial charge is 0.438 e. The molecule has 0 aliphatic carbocycles. The van der Waals surface area contributed by atoms with Gasteiger partial charge in [0.1, 0.15) is 5.52 Å². The van der Waals surface area contributed by atoms with Crippen molar-refractivity contribution in [1.29, 1.82) is 0 Å². The quantitative estimate of drug-likeness (QED) is 0.917. The highest BCUT2D eigenvalue weighted by molar-refractivity contribution is 9.10. The number of hydrogen-bond donors (Lipinski definition) is 1. The predicted molar refractivity (Wildman–Crippen MR) is 68.3 cm³/mol. The molecule has 0 saturated heterocycles. The molecule has 16 heavy (non-hydrogen) atoms. The van der Waals surface area contributed by atoms with E-state index < -0.39 is 0 Å². The van der Waals surface area contributed by atoms with Crippen molar-refractivity contribution < 1.29 is 4.42 Å². The van der Waals surface area contributed by atoms with E-state index in [0.29, 0.717) is 6.54 Å². The summed E-state index contributed by atoms with van der Waals surface area (Å²) in [5.41, 5.74) is 1.77. The van der Waals surface area contributed by atoms with Crippen LogP contribution in [0.15, 0.2) is 27.1 Å². The molecule has 0 fully saturated rings. The second-order valence-corrected chi connectivity index (χ2v) is 5.65. The molecule has 3 nitrogen and oxygen atoms in total. The van der Waals surface area contributed by atoms with Crippen molar-refractivity contribution >= 4 is 27.0 Å². The van der Waals surface area contributed by atoms with Gasteiger partial charge >= 0.3 is 0 Å². The van der Waals surface area contributed by atoms with Gasteiger partial charge < -0.3 is 9.73 Å². The first-order valence-electron chi connectivity index (χ1n) is 5.25. The average molecular weight is 283 g/mol. The highest BCUT2D eigenvalue weighted by atomic mass is 79.9. The van der Waals surface area contributed by atoms with Crippen LogP contribution < -0.4 is 5.32 Å². The van der Waals surface area contributed by atoms with Crippen LogP contribution in [0.25, 0.3) is 11.1 Å². The molecule has 0 radical (unpaired) electrons. The standard InChI is InChI=1S/C12H15BrN2O/c1-12(2,3)14-7-10-15-9-6-4-5-8(13)11(9)16-10/h4-6,14H,7H2,1-3H3. The van der Waals surface area contributed by atoms with Crippen LogP contribution in [0.4, 0.5) is 0 Å². The van der Waals surface area contributed by atoms with E-state index >= 15 is 0 Å². The van der Waals surface area contributed by atoms with Gasteiger partial charge in [0.2, 0.25) is 5.89 Å². The Morgan fingerprint density at radius 3 is 2.75 bits per heavy atom. The molecule has 1 aromatic heterocycles. The van der Waals surface area contributed by atoms with Crippen LogP contribution in [-0.2, 0) is 6.54 Å². The minimum atomic E-state index is 0.0673. The third-order valence-corrected chi connectivity index (χ3v) is 2.81. The topological polar surface area (TPSA) is 38.1 Å². The van der Waals surface area contributed by atoms with Gasteiger partial charge in [-0.05, 0) is 48.8 Å². The van der Waals surface area contributed by atoms with Gasteiger partial charge in [-0.25, -0.2) is 4.98 Å². The lowest BCUT2D eigenvalue weighted by atomic mass is 10.1. The van der Waals surface area contributed by atoms with Crippen LogP contribution in [0.5, 0.6) is 0 Å². The number of rotatable bonds is 2. The van der Waals surface area contributed by atoms with Crippen molar-refractivity contribution in [3.63, 3.8) is 0 Å². The van der Waals surface area contributed by atoms with Gasteiger partial charge in [-0.2, -0.15) is 0 Å². The Morgan fingerprint density at radius 1 is 1.38 bits per heavy atom. The second kappa shape index (κ2) is 4.18. The number of nitrogens with zero attached hydrogens (tertiary/aromatic N) is 1. The lowest BCUT2D eigenvalue weighted by Gasteiger charge is -2.18. The number of hydrogen-bond acceptors (Lipinski definition) is 3. The third-order valence-electron chi connectivity index (χ3n) is 2.18. The first-order valence-corrected chi connectivity index (χ1v) is 6.04. The Hall–Kier alpha value is -0.870. The van der Waals surface area contributed by atoms with Gasteiger partial charge in [0.15, 0.2) is 5.58 Å². The molecule has 0 amide bonds. The first kappa shape index (κ1) is 11.6. The molecule has 4 heteroatoms. The van der Waals surface area contributed by atoms with Gasteiger partial charge in [0, 0.05) is 5.54 Å². The highest BCUT2D eigenvalue weighted by Crippen LogP contribution is 2.24. The smallest absolute Gasteiger partial charge is 0.209 e. The average Bonchev–Trinajstić information content (AvgIpc) is 2.58. The Balaban J connectivity index is 2.24.